The minimum Gasteiger partial charge on any atom is -0.387 e. The Morgan fingerprint density at radius 1 is 1.14 bits per heavy atom. The molecule has 2 aromatic carbocycles. The summed E-state index contributed by atoms with van der Waals surface area (Å²) in [5.41, 5.74) is 2.34. The van der Waals surface area contributed by atoms with Crippen molar-refractivity contribution in [2.45, 2.75) is 39.3 Å². The molecular formula is C21H26FN3O3. The summed E-state index contributed by atoms with van der Waals surface area (Å²) in [5, 5.41) is 18.2. The van der Waals surface area contributed by atoms with Gasteiger partial charge < -0.3 is 21.1 Å². The van der Waals surface area contributed by atoms with Crippen LogP contribution in [0.25, 0.3) is 0 Å². The number of amides is 3. The molecule has 0 fully saturated rings. The monoisotopic (exact) mass is 387 g/mol. The Morgan fingerprint density at radius 3 is 2.43 bits per heavy atom. The average Bonchev–Trinajstić information content (AvgIpc) is 2.68. The highest BCUT2D eigenvalue weighted by Crippen LogP contribution is 2.17. The number of hydrogen-bond donors (Lipinski definition) is 4. The number of aliphatic hydroxyl groups is 1. The maximum Gasteiger partial charge on any atom is 0.319 e. The molecule has 0 spiro atoms. The van der Waals surface area contributed by atoms with Crippen LogP contribution < -0.4 is 16.0 Å². The fourth-order valence-electron chi connectivity index (χ4n) is 2.51. The van der Waals surface area contributed by atoms with Gasteiger partial charge in [-0.05, 0) is 61.7 Å². The van der Waals surface area contributed by atoms with Gasteiger partial charge in [-0.25, -0.2) is 9.18 Å². The van der Waals surface area contributed by atoms with Crippen molar-refractivity contribution in [3.63, 3.8) is 0 Å². The molecule has 0 saturated heterocycles. The lowest BCUT2D eigenvalue weighted by molar-refractivity contribution is 0.0939. The van der Waals surface area contributed by atoms with E-state index in [1.807, 2.05) is 13.8 Å². The molecule has 150 valence electrons. The molecule has 0 aliphatic rings. The minimum absolute atomic E-state index is 0.0219. The second-order valence-corrected chi connectivity index (χ2v) is 6.71. The van der Waals surface area contributed by atoms with Crippen molar-refractivity contribution in [1.29, 1.82) is 0 Å². The summed E-state index contributed by atoms with van der Waals surface area (Å²) in [4.78, 5) is 24.3. The van der Waals surface area contributed by atoms with E-state index in [4.69, 9.17) is 0 Å². The van der Waals surface area contributed by atoms with Crippen molar-refractivity contribution >= 4 is 17.6 Å². The van der Waals surface area contributed by atoms with Crippen LogP contribution in [0.1, 0.15) is 47.9 Å². The molecule has 0 aliphatic heterocycles. The Bertz CT molecular complexity index is 824. The summed E-state index contributed by atoms with van der Waals surface area (Å²) in [6, 6.07) is 10.1. The van der Waals surface area contributed by atoms with Crippen LogP contribution in [0.15, 0.2) is 42.5 Å². The van der Waals surface area contributed by atoms with E-state index < -0.39 is 18.0 Å². The second kappa shape index (κ2) is 9.85. The molecule has 2 atom stereocenters. The number of nitrogens with one attached hydrogen (secondary N) is 3. The number of carbonyl (C=O) groups is 2. The molecule has 2 aromatic rings. The van der Waals surface area contributed by atoms with Crippen molar-refractivity contribution in [2.24, 2.45) is 0 Å². The first-order valence-electron chi connectivity index (χ1n) is 9.20. The molecule has 6 nitrogen and oxygen atoms in total. The summed E-state index contributed by atoms with van der Waals surface area (Å²) >= 11 is 0. The lowest BCUT2D eigenvalue weighted by Crippen LogP contribution is -2.33. The number of hydrogen-bond acceptors (Lipinski definition) is 3. The predicted octanol–water partition coefficient (Wildman–Crippen LogP) is 3.52. The van der Waals surface area contributed by atoms with Gasteiger partial charge in [-0.1, -0.05) is 19.1 Å². The van der Waals surface area contributed by atoms with Crippen LogP contribution in [0, 0.1) is 12.7 Å². The third-order valence-corrected chi connectivity index (χ3v) is 4.44. The summed E-state index contributed by atoms with van der Waals surface area (Å²) < 4.78 is 12.9. The predicted molar refractivity (Wildman–Crippen MR) is 107 cm³/mol. The third kappa shape index (κ3) is 6.06. The molecule has 3 amide bonds. The van der Waals surface area contributed by atoms with Gasteiger partial charge in [-0.2, -0.15) is 0 Å². The summed E-state index contributed by atoms with van der Waals surface area (Å²) in [6.07, 6.45) is -0.104. The Labute approximate surface area is 164 Å². The molecule has 0 radical (unpaired) electrons. The number of benzene rings is 2. The van der Waals surface area contributed by atoms with Gasteiger partial charge in [-0.15, -0.1) is 0 Å². The third-order valence-electron chi connectivity index (χ3n) is 4.44. The number of anilines is 1. The minimum atomic E-state index is -0.945. The van der Waals surface area contributed by atoms with Gasteiger partial charge in [0.1, 0.15) is 5.82 Å². The SMILES string of the molecule is CCC(C)NC(=O)c1ccc(NC(=O)NCC(O)c2ccc(F)cc2)c(C)c1. The number of aliphatic hydroxyl groups excluding tert-OH is 1. The van der Waals surface area contributed by atoms with Crippen molar-refractivity contribution in [1.82, 2.24) is 10.6 Å². The quantitative estimate of drug-likeness (QED) is 0.586. The van der Waals surface area contributed by atoms with E-state index >= 15 is 0 Å². The molecule has 28 heavy (non-hydrogen) atoms. The summed E-state index contributed by atoms with van der Waals surface area (Å²) in [6.45, 7) is 5.70. The smallest absolute Gasteiger partial charge is 0.319 e. The lowest BCUT2D eigenvalue weighted by atomic mass is 10.1. The van der Waals surface area contributed by atoms with Crippen LogP contribution in [-0.4, -0.2) is 29.6 Å². The highest BCUT2D eigenvalue weighted by Gasteiger charge is 2.13. The highest BCUT2D eigenvalue weighted by atomic mass is 19.1. The number of rotatable bonds is 7. The Balaban J connectivity index is 1.91. The number of carbonyl (C=O) groups excluding carboxylic acids is 2. The van der Waals surface area contributed by atoms with Gasteiger partial charge in [0, 0.05) is 23.8 Å². The van der Waals surface area contributed by atoms with Crippen molar-refractivity contribution in [2.75, 3.05) is 11.9 Å². The zero-order valence-electron chi connectivity index (χ0n) is 16.3. The normalized spacial score (nSPS) is 12.8. The molecule has 0 heterocycles. The van der Waals surface area contributed by atoms with Crippen LogP contribution in [0.5, 0.6) is 0 Å². The van der Waals surface area contributed by atoms with Crippen LogP contribution >= 0.6 is 0 Å². The molecule has 0 aliphatic carbocycles. The molecule has 7 heteroatoms. The fraction of sp³-hybridized carbons (Fsp3) is 0.333. The highest BCUT2D eigenvalue weighted by molar-refractivity contribution is 5.96. The largest absolute Gasteiger partial charge is 0.387 e. The lowest BCUT2D eigenvalue weighted by Gasteiger charge is -2.15. The van der Waals surface area contributed by atoms with E-state index in [0.717, 1.165) is 12.0 Å². The molecule has 0 saturated carbocycles. The van der Waals surface area contributed by atoms with Crippen LogP contribution in [0.4, 0.5) is 14.9 Å². The van der Waals surface area contributed by atoms with Crippen LogP contribution in [-0.2, 0) is 0 Å². The number of aryl methyl sites for hydroxylation is 1. The van der Waals surface area contributed by atoms with E-state index in [2.05, 4.69) is 16.0 Å². The van der Waals surface area contributed by atoms with Gasteiger partial charge in [0.2, 0.25) is 0 Å². The maximum atomic E-state index is 12.9. The standard InChI is InChI=1S/C21H26FN3O3/c1-4-14(3)24-20(27)16-7-10-18(13(2)11-16)25-21(28)23-12-19(26)15-5-8-17(22)9-6-15/h5-11,14,19,26H,4,12H2,1-3H3,(H,24,27)(H2,23,25,28). The summed E-state index contributed by atoms with van der Waals surface area (Å²) in [7, 11) is 0. The van der Waals surface area contributed by atoms with Gasteiger partial charge in [0.05, 0.1) is 6.10 Å². The van der Waals surface area contributed by atoms with Crippen LogP contribution in [0.3, 0.4) is 0 Å². The number of urea groups is 1. The molecule has 2 unspecified atom stereocenters. The first-order valence-corrected chi connectivity index (χ1v) is 9.20. The molecule has 0 bridgehead atoms. The molecule has 2 rings (SSSR count). The van der Waals surface area contributed by atoms with Gasteiger partial charge in [-0.3, -0.25) is 4.79 Å². The van der Waals surface area contributed by atoms with Gasteiger partial charge in [0.25, 0.3) is 5.91 Å². The van der Waals surface area contributed by atoms with E-state index in [-0.39, 0.29) is 18.5 Å². The Morgan fingerprint density at radius 2 is 1.82 bits per heavy atom. The van der Waals surface area contributed by atoms with E-state index in [0.29, 0.717) is 16.8 Å². The van der Waals surface area contributed by atoms with Crippen molar-refractivity contribution < 1.29 is 19.1 Å². The molecule has 4 N–H and O–H groups in total. The topological polar surface area (TPSA) is 90.5 Å². The fourth-order valence-corrected chi connectivity index (χ4v) is 2.51. The van der Waals surface area contributed by atoms with Crippen molar-refractivity contribution in [3.8, 4) is 0 Å². The maximum absolute atomic E-state index is 12.9. The van der Waals surface area contributed by atoms with Gasteiger partial charge in [0.15, 0.2) is 0 Å². The van der Waals surface area contributed by atoms with Gasteiger partial charge >= 0.3 is 6.03 Å². The zero-order chi connectivity index (χ0) is 20.7. The average molecular weight is 387 g/mol. The van der Waals surface area contributed by atoms with E-state index in [9.17, 15) is 19.1 Å². The van der Waals surface area contributed by atoms with E-state index in [1.54, 1.807) is 25.1 Å². The molecular weight excluding hydrogens is 361 g/mol. The first kappa shape index (κ1) is 21.4. The summed E-state index contributed by atoms with van der Waals surface area (Å²) in [5.74, 6) is -0.547. The van der Waals surface area contributed by atoms with Crippen LogP contribution in [0.2, 0.25) is 0 Å². The number of halogens is 1. The Hall–Kier alpha value is -2.93. The second-order valence-electron chi connectivity index (χ2n) is 6.71. The molecule has 0 aromatic heterocycles. The van der Waals surface area contributed by atoms with Crippen molar-refractivity contribution in [3.05, 3.63) is 65.0 Å². The van der Waals surface area contributed by atoms with E-state index in [1.165, 1.54) is 24.3 Å². The first-order chi connectivity index (χ1) is 13.3. The zero-order valence-corrected chi connectivity index (χ0v) is 16.3. The Kier molecular flexibility index (Phi) is 7.52.